The van der Waals surface area contributed by atoms with Crippen molar-refractivity contribution in [3.63, 3.8) is 0 Å². The molecule has 9 nitrogen and oxygen atoms in total. The molecule has 3 aliphatic heterocycles. The lowest BCUT2D eigenvalue weighted by molar-refractivity contribution is -0.435. The van der Waals surface area contributed by atoms with Gasteiger partial charge in [0.2, 0.25) is 5.41 Å². The predicted octanol–water partition coefficient (Wildman–Crippen LogP) is 1.48. The molecule has 3 aliphatic rings. The molecule has 1 amide bonds. The van der Waals surface area contributed by atoms with Gasteiger partial charge in [0.05, 0.1) is 4.92 Å². The number of rotatable bonds is 1. The summed E-state index contributed by atoms with van der Waals surface area (Å²) < 4.78 is 0.636. The number of benzene rings is 1. The molecule has 1 unspecified atom stereocenters. The highest BCUT2D eigenvalue weighted by Crippen LogP contribution is 2.52. The van der Waals surface area contributed by atoms with Crippen LogP contribution >= 0.6 is 15.9 Å². The first-order valence-corrected chi connectivity index (χ1v) is 9.14. The monoisotopic (exact) mass is 430 g/mol. The van der Waals surface area contributed by atoms with Crippen molar-refractivity contribution < 1.29 is 9.72 Å². The van der Waals surface area contributed by atoms with E-state index < -0.39 is 16.2 Å². The van der Waals surface area contributed by atoms with E-state index in [4.69, 9.17) is 5.73 Å². The van der Waals surface area contributed by atoms with Crippen molar-refractivity contribution in [3.05, 3.63) is 61.3 Å². The van der Waals surface area contributed by atoms with E-state index in [2.05, 4.69) is 26.6 Å². The fourth-order valence-corrected chi connectivity index (χ4v) is 4.37. The van der Waals surface area contributed by atoms with Crippen LogP contribution in [0.4, 0.5) is 5.69 Å². The molecular formula is C17H15BrN6O3. The molecule has 0 bridgehead atoms. The number of nitrogens with two attached hydrogens (primary N) is 1. The molecule has 0 aliphatic carbocycles. The van der Waals surface area contributed by atoms with Gasteiger partial charge in [-0.1, -0.05) is 15.9 Å². The van der Waals surface area contributed by atoms with Crippen LogP contribution in [-0.4, -0.2) is 28.8 Å². The van der Waals surface area contributed by atoms with Gasteiger partial charge < -0.3 is 21.3 Å². The Hall–Kier alpha value is -3.06. The first-order valence-electron chi connectivity index (χ1n) is 8.35. The van der Waals surface area contributed by atoms with Crippen molar-refractivity contribution in [2.75, 3.05) is 18.4 Å². The zero-order valence-corrected chi connectivity index (χ0v) is 15.7. The number of carbonyl (C=O) groups is 1. The van der Waals surface area contributed by atoms with Gasteiger partial charge >= 0.3 is 5.70 Å². The fourth-order valence-electron chi connectivity index (χ4n) is 4.01. The van der Waals surface area contributed by atoms with Gasteiger partial charge in [-0.3, -0.25) is 14.9 Å². The number of fused-ring (bicyclic) bond motifs is 3. The average molecular weight is 431 g/mol. The van der Waals surface area contributed by atoms with Crippen molar-refractivity contribution >= 4 is 27.5 Å². The molecule has 4 rings (SSSR count). The topological polar surface area (TPSA) is 137 Å². The van der Waals surface area contributed by atoms with Crippen molar-refractivity contribution in [3.8, 4) is 6.07 Å². The minimum absolute atomic E-state index is 0.0653. The van der Waals surface area contributed by atoms with Gasteiger partial charge in [-0.15, -0.1) is 0 Å². The van der Waals surface area contributed by atoms with E-state index in [1.807, 2.05) is 6.07 Å². The number of nitriles is 1. The third kappa shape index (κ3) is 2.18. The Morgan fingerprint density at radius 3 is 2.89 bits per heavy atom. The molecule has 1 spiro atoms. The molecule has 1 saturated heterocycles. The second-order valence-electron chi connectivity index (χ2n) is 6.51. The third-order valence-electron chi connectivity index (χ3n) is 5.14. The normalized spacial score (nSPS) is 24.0. The summed E-state index contributed by atoms with van der Waals surface area (Å²) in [6.45, 7) is 0.946. The van der Waals surface area contributed by atoms with E-state index in [0.29, 0.717) is 28.8 Å². The number of anilines is 1. The summed E-state index contributed by atoms with van der Waals surface area (Å²) in [5.74, 6) is -0.410. The zero-order valence-electron chi connectivity index (χ0n) is 14.1. The molecule has 1 aromatic rings. The van der Waals surface area contributed by atoms with Gasteiger partial charge in [0, 0.05) is 28.8 Å². The lowest BCUT2D eigenvalue weighted by atomic mass is 9.70. The first-order chi connectivity index (χ1) is 12.9. The van der Waals surface area contributed by atoms with Crippen molar-refractivity contribution in [1.82, 2.24) is 10.2 Å². The summed E-state index contributed by atoms with van der Waals surface area (Å²) in [5, 5.41) is 27.8. The number of amides is 1. The summed E-state index contributed by atoms with van der Waals surface area (Å²) in [6, 6.07) is 6.97. The number of nitro groups is 1. The standard InChI is InChI=1S/C17H15BrN6O3/c18-9-3-4-12-10(7-9)17(16(25)22-12)11(8-19)14(20)23-6-2-1-5-21-15(23)13(17)24(26)27/h3-4,7,21H,1-2,5-6,20H2,(H,22,25). The maximum absolute atomic E-state index is 13.2. The molecular weight excluding hydrogens is 416 g/mol. The summed E-state index contributed by atoms with van der Waals surface area (Å²) in [5.41, 5.74) is 4.65. The summed E-state index contributed by atoms with van der Waals surface area (Å²) in [7, 11) is 0. The third-order valence-corrected chi connectivity index (χ3v) is 5.63. The van der Waals surface area contributed by atoms with E-state index >= 15 is 0 Å². The van der Waals surface area contributed by atoms with E-state index in [0.717, 1.165) is 12.8 Å². The van der Waals surface area contributed by atoms with Gasteiger partial charge in [0.15, 0.2) is 5.82 Å². The van der Waals surface area contributed by atoms with Crippen LogP contribution in [0.1, 0.15) is 18.4 Å². The van der Waals surface area contributed by atoms with Crippen LogP contribution in [0.5, 0.6) is 0 Å². The average Bonchev–Trinajstić information content (AvgIpc) is 2.78. The van der Waals surface area contributed by atoms with E-state index in [1.54, 1.807) is 18.2 Å². The minimum atomic E-state index is -1.90. The van der Waals surface area contributed by atoms with Crippen molar-refractivity contribution in [2.45, 2.75) is 18.3 Å². The van der Waals surface area contributed by atoms with Crippen LogP contribution < -0.4 is 16.4 Å². The number of nitrogens with one attached hydrogen (secondary N) is 2. The van der Waals surface area contributed by atoms with E-state index in [9.17, 15) is 20.2 Å². The lowest BCUT2D eigenvalue weighted by Crippen LogP contribution is -2.51. The summed E-state index contributed by atoms with van der Waals surface area (Å²) in [6.07, 6.45) is 1.55. The molecule has 10 heteroatoms. The number of carbonyl (C=O) groups excluding carboxylic acids is 1. The number of nitrogens with zero attached hydrogens (tertiary/aromatic N) is 3. The molecule has 27 heavy (non-hydrogen) atoms. The van der Waals surface area contributed by atoms with Gasteiger partial charge in [-0.2, -0.15) is 5.26 Å². The van der Waals surface area contributed by atoms with Crippen LogP contribution in [0.2, 0.25) is 0 Å². The summed E-state index contributed by atoms with van der Waals surface area (Å²) in [4.78, 5) is 26.3. The molecule has 138 valence electrons. The Kier molecular flexibility index (Phi) is 3.85. The molecule has 0 radical (unpaired) electrons. The lowest BCUT2D eigenvalue weighted by Gasteiger charge is -2.37. The highest BCUT2D eigenvalue weighted by Gasteiger charge is 2.64. The Morgan fingerprint density at radius 2 is 2.19 bits per heavy atom. The second kappa shape index (κ2) is 5.99. The Balaban J connectivity index is 2.14. The number of halogens is 1. The molecule has 3 heterocycles. The fraction of sp³-hybridized carbons (Fsp3) is 0.294. The van der Waals surface area contributed by atoms with Gasteiger partial charge in [0.25, 0.3) is 5.91 Å². The largest absolute Gasteiger partial charge is 0.384 e. The van der Waals surface area contributed by atoms with Crippen LogP contribution in [0.15, 0.2) is 45.6 Å². The first kappa shape index (κ1) is 17.4. The predicted molar refractivity (Wildman–Crippen MR) is 99.2 cm³/mol. The highest BCUT2D eigenvalue weighted by molar-refractivity contribution is 9.10. The van der Waals surface area contributed by atoms with Gasteiger partial charge in [0.1, 0.15) is 17.5 Å². The Labute approximate surface area is 162 Å². The van der Waals surface area contributed by atoms with Crippen LogP contribution in [0.25, 0.3) is 0 Å². The molecule has 1 atom stereocenters. The van der Waals surface area contributed by atoms with Gasteiger partial charge in [-0.25, -0.2) is 0 Å². The van der Waals surface area contributed by atoms with Crippen molar-refractivity contribution in [2.24, 2.45) is 5.73 Å². The minimum Gasteiger partial charge on any atom is -0.384 e. The zero-order chi connectivity index (χ0) is 19.3. The molecule has 0 saturated carbocycles. The van der Waals surface area contributed by atoms with E-state index in [1.165, 1.54) is 4.90 Å². The maximum atomic E-state index is 13.2. The molecule has 4 N–H and O–H groups in total. The summed E-state index contributed by atoms with van der Waals surface area (Å²) >= 11 is 3.35. The smallest absolute Gasteiger partial charge is 0.311 e. The van der Waals surface area contributed by atoms with Crippen LogP contribution in [-0.2, 0) is 10.2 Å². The second-order valence-corrected chi connectivity index (χ2v) is 7.42. The maximum Gasteiger partial charge on any atom is 0.311 e. The SMILES string of the molecule is N#CC1=C(N)N2CCCCNC2=C([N+](=O)[O-])C12C(=O)Nc1ccc(Br)cc12. The molecule has 0 aromatic heterocycles. The number of hydrogen-bond donors (Lipinski definition) is 3. The van der Waals surface area contributed by atoms with Crippen LogP contribution in [0.3, 0.4) is 0 Å². The molecule has 1 fully saturated rings. The Bertz CT molecular complexity index is 995. The van der Waals surface area contributed by atoms with E-state index in [-0.39, 0.29) is 22.9 Å². The quantitative estimate of drug-likeness (QED) is 0.452. The molecule has 1 aromatic carbocycles. The highest BCUT2D eigenvalue weighted by atomic mass is 79.9. The van der Waals surface area contributed by atoms with Gasteiger partial charge in [-0.05, 0) is 31.0 Å². The number of hydrogen-bond acceptors (Lipinski definition) is 7. The van der Waals surface area contributed by atoms with Crippen molar-refractivity contribution in [1.29, 1.82) is 5.26 Å². The Morgan fingerprint density at radius 1 is 1.41 bits per heavy atom. The van der Waals surface area contributed by atoms with Crippen LogP contribution in [0, 0.1) is 21.4 Å².